The minimum absolute atomic E-state index is 0.00474. The van der Waals surface area contributed by atoms with Gasteiger partial charge in [0.1, 0.15) is 56.3 Å². The molecule has 2 aromatic carbocycles. The van der Waals surface area contributed by atoms with E-state index >= 15 is 0 Å². The number of rotatable bonds is 26. The van der Waals surface area contributed by atoms with E-state index in [0.29, 0.717) is 42.1 Å². The molecule has 79 heavy (non-hydrogen) atoms. The van der Waals surface area contributed by atoms with Gasteiger partial charge in [-0.1, -0.05) is 78.1 Å². The predicted octanol–water partition coefficient (Wildman–Crippen LogP) is 9.09. The molecule has 20 nitrogen and oxygen atoms in total. The molecule has 0 fully saturated rings. The summed E-state index contributed by atoms with van der Waals surface area (Å²) in [7, 11) is 0.657. The molecule has 0 bridgehead atoms. The van der Waals surface area contributed by atoms with E-state index in [9.17, 15) is 45.5 Å². The van der Waals surface area contributed by atoms with Gasteiger partial charge in [-0.05, 0) is 65.1 Å². The van der Waals surface area contributed by atoms with E-state index in [1.54, 1.807) is 18.7 Å². The second kappa shape index (κ2) is 29.5. The van der Waals surface area contributed by atoms with Crippen LogP contribution in [0.25, 0.3) is 22.3 Å². The zero-order chi connectivity index (χ0) is 58.9. The zero-order valence-corrected chi connectivity index (χ0v) is 49.7. The van der Waals surface area contributed by atoms with Gasteiger partial charge in [-0.2, -0.15) is 4.98 Å². The lowest BCUT2D eigenvalue weighted by molar-refractivity contribution is -0.275. The molecule has 29 heteroatoms. The Morgan fingerprint density at radius 2 is 0.975 bits per heavy atom. The van der Waals surface area contributed by atoms with E-state index in [0.717, 1.165) is 43.5 Å². The molecule has 4 heterocycles. The monoisotopic (exact) mass is 1220 g/mol. The summed E-state index contributed by atoms with van der Waals surface area (Å²) in [5.74, 6) is -0.382. The highest BCUT2D eigenvalue weighted by atomic mass is 79.9. The van der Waals surface area contributed by atoms with Crippen LogP contribution >= 0.6 is 15.9 Å². The molecular weight excluding hydrogens is 1150 g/mol. The van der Waals surface area contributed by atoms with Gasteiger partial charge in [0.05, 0.1) is 6.61 Å². The van der Waals surface area contributed by atoms with Crippen LogP contribution in [0.2, 0.25) is 51.4 Å². The Bertz CT molecular complexity index is 3160. The molecule has 6 aromatic rings. The number of imidazole rings is 2. The van der Waals surface area contributed by atoms with Crippen molar-refractivity contribution in [2.75, 3.05) is 39.6 Å². The van der Waals surface area contributed by atoms with E-state index in [-0.39, 0.29) is 92.1 Å². The molecule has 0 saturated carbocycles. The first kappa shape index (κ1) is 65.6. The Balaban J connectivity index is 0.000000286. The van der Waals surface area contributed by atoms with E-state index in [1.165, 1.54) is 59.2 Å². The predicted molar refractivity (Wildman–Crippen MR) is 294 cm³/mol. The summed E-state index contributed by atoms with van der Waals surface area (Å²) in [6.07, 6.45) is -6.36. The number of aliphatic hydroxyl groups excluding tert-OH is 1. The first-order valence-corrected chi connectivity index (χ1v) is 33.6. The molecule has 0 spiro atoms. The number of aryl methyl sites for hydroxylation is 2. The van der Waals surface area contributed by atoms with E-state index in [2.05, 4.69) is 74.7 Å². The van der Waals surface area contributed by atoms with Crippen molar-refractivity contribution in [2.45, 2.75) is 130 Å². The summed E-state index contributed by atoms with van der Waals surface area (Å²) in [5.41, 5.74) is -0.451. The van der Waals surface area contributed by atoms with Crippen molar-refractivity contribution in [1.82, 2.24) is 37.4 Å². The number of alkyl halides is 6. The second-order valence-corrected chi connectivity index (χ2v) is 32.2. The standard InChI is InChI=1S/C25H35F3N4O6Si.C16H27BrN4O3Si.C9H9F3O3/c1-6-7-11-31-22(33)20-21(30(2)24(31)34)29-23(32(20)17-35-14-15-39(3,4)5)37-13-12-36-18-9-8-10-19(16-18)38-25(26,27)28;1-6-7-8-20-14(22)12-13(19(2)16(20)23)18-15(17)21(12)11-24-9-10-25(3,4)5;10-9(11,12)15-8-3-1-2-7(6-8)14-5-4-13/h8-10,16H,6-7,11-15,17H2,1-5H3;6-11H2,1-5H3;1-3,6,13H,4-5H2. The summed E-state index contributed by atoms with van der Waals surface area (Å²) < 4.78 is 117. The molecule has 0 aliphatic rings. The third kappa shape index (κ3) is 20.6. The molecule has 0 saturated heterocycles. The fourth-order valence-electron chi connectivity index (χ4n) is 7.12. The maximum absolute atomic E-state index is 13.3. The minimum atomic E-state index is -4.81. The number of ether oxygens (including phenoxy) is 7. The smallest absolute Gasteiger partial charge is 0.491 e. The van der Waals surface area contributed by atoms with Gasteiger partial charge in [0.2, 0.25) is 0 Å². The quantitative estimate of drug-likeness (QED) is 0.0233. The molecule has 0 radical (unpaired) electrons. The summed E-state index contributed by atoms with van der Waals surface area (Å²) >= 11 is 3.39. The number of benzene rings is 2. The molecule has 6 rings (SSSR count). The normalized spacial score (nSPS) is 12.0. The zero-order valence-electron chi connectivity index (χ0n) is 46.1. The lowest BCUT2D eigenvalue weighted by Gasteiger charge is -2.16. The summed E-state index contributed by atoms with van der Waals surface area (Å²) in [6, 6.07) is 12.3. The molecule has 0 atom stereocenters. The first-order valence-electron chi connectivity index (χ1n) is 25.4. The van der Waals surface area contributed by atoms with Gasteiger partial charge < -0.3 is 38.3 Å². The summed E-state index contributed by atoms with van der Waals surface area (Å²) in [5, 5.41) is 8.45. The van der Waals surface area contributed by atoms with Crippen LogP contribution in [0, 0.1) is 0 Å². The maximum atomic E-state index is 13.3. The van der Waals surface area contributed by atoms with Crippen LogP contribution in [0.1, 0.15) is 39.5 Å². The highest BCUT2D eigenvalue weighted by Gasteiger charge is 2.32. The molecular formula is C50H71BrF6N8O12Si2. The Kier molecular flexibility index (Phi) is 24.5. The summed E-state index contributed by atoms with van der Waals surface area (Å²) in [4.78, 5) is 60.2. The van der Waals surface area contributed by atoms with Crippen LogP contribution in [-0.4, -0.2) is 111 Å². The van der Waals surface area contributed by atoms with Crippen LogP contribution in [0.5, 0.6) is 29.0 Å². The van der Waals surface area contributed by atoms with Gasteiger partial charge in [0.25, 0.3) is 11.1 Å². The fourth-order valence-corrected chi connectivity index (χ4v) is 9.08. The number of aliphatic hydroxyl groups is 1. The van der Waals surface area contributed by atoms with Crippen LogP contribution in [0.4, 0.5) is 26.3 Å². The second-order valence-electron chi connectivity index (χ2n) is 20.3. The van der Waals surface area contributed by atoms with Crippen molar-refractivity contribution in [2.24, 2.45) is 14.1 Å². The minimum Gasteiger partial charge on any atom is -0.491 e. The van der Waals surface area contributed by atoms with Crippen molar-refractivity contribution in [1.29, 1.82) is 0 Å². The molecule has 0 aliphatic heterocycles. The Morgan fingerprint density at radius 1 is 0.570 bits per heavy atom. The molecule has 0 unspecified atom stereocenters. The highest BCUT2D eigenvalue weighted by molar-refractivity contribution is 9.10. The molecule has 0 aliphatic carbocycles. The molecule has 4 aromatic heterocycles. The molecule has 1 N–H and O–H groups in total. The van der Waals surface area contributed by atoms with Crippen molar-refractivity contribution in [3.05, 3.63) is 94.9 Å². The number of halogens is 7. The van der Waals surface area contributed by atoms with Gasteiger partial charge in [-0.25, -0.2) is 14.6 Å². The Labute approximate surface area is 462 Å². The SMILES string of the molecule is CCCCn1c(=O)c2c(nc(Br)n2COCC[Si](C)(C)C)n(C)c1=O.CCCCn1c(=O)c2c(nc(OCCOc3cccc(OC(F)(F)F)c3)n2COCC[Si](C)(C)C)n(C)c1=O.OCCOc1cccc(OC(F)(F)F)c1. The van der Waals surface area contributed by atoms with Crippen molar-refractivity contribution in [3.8, 4) is 29.0 Å². The summed E-state index contributed by atoms with van der Waals surface area (Å²) in [6.45, 7) is 19.4. The highest BCUT2D eigenvalue weighted by Crippen LogP contribution is 2.28. The average molecular weight is 1230 g/mol. The van der Waals surface area contributed by atoms with Gasteiger partial charge in [0, 0.05) is 68.7 Å². The number of fused-ring (bicyclic) bond motifs is 2. The Hall–Kier alpha value is -5.89. The molecule has 440 valence electrons. The van der Waals surface area contributed by atoms with E-state index < -0.39 is 45.9 Å². The van der Waals surface area contributed by atoms with Crippen LogP contribution in [0.3, 0.4) is 0 Å². The number of hydrogen-bond donors (Lipinski definition) is 1. The third-order valence-electron chi connectivity index (χ3n) is 11.3. The number of nitrogens with zero attached hydrogens (tertiary/aromatic N) is 8. The van der Waals surface area contributed by atoms with Gasteiger partial charge in [0.15, 0.2) is 27.1 Å². The maximum Gasteiger partial charge on any atom is 0.573 e. The molecule has 0 amide bonds. The number of unbranched alkanes of at least 4 members (excludes halogenated alkanes) is 2. The van der Waals surface area contributed by atoms with Crippen LogP contribution in [-0.2, 0) is 50.1 Å². The van der Waals surface area contributed by atoms with Gasteiger partial charge in [-0.15, -0.1) is 26.3 Å². The van der Waals surface area contributed by atoms with E-state index in [4.69, 9.17) is 28.8 Å². The fraction of sp³-hybridized carbons (Fsp3) is 0.560. The lowest BCUT2D eigenvalue weighted by Crippen LogP contribution is -2.39. The van der Waals surface area contributed by atoms with Crippen molar-refractivity contribution in [3.63, 3.8) is 0 Å². The van der Waals surface area contributed by atoms with E-state index in [1.807, 2.05) is 13.8 Å². The van der Waals surface area contributed by atoms with Crippen LogP contribution in [0.15, 0.2) is 72.4 Å². The number of hydrogen-bond acceptors (Lipinski definition) is 14. The van der Waals surface area contributed by atoms with Crippen molar-refractivity contribution >= 4 is 54.4 Å². The van der Waals surface area contributed by atoms with Crippen molar-refractivity contribution < 1.29 is 64.6 Å². The number of aromatic nitrogens is 8. The lowest BCUT2D eigenvalue weighted by atomic mass is 10.3. The first-order chi connectivity index (χ1) is 37.0. The Morgan fingerprint density at radius 3 is 1.41 bits per heavy atom. The van der Waals surface area contributed by atoms with Crippen LogP contribution < -0.4 is 46.2 Å². The van der Waals surface area contributed by atoms with Gasteiger partial charge in [-0.3, -0.25) is 37.0 Å². The average Bonchev–Trinajstić information content (AvgIpc) is 3.98. The third-order valence-corrected chi connectivity index (χ3v) is 15.3. The largest absolute Gasteiger partial charge is 0.573 e. The van der Waals surface area contributed by atoms with Gasteiger partial charge >= 0.3 is 30.1 Å². The topological polar surface area (TPSA) is 208 Å².